The number of likely N-dealkylation sites (tertiary alicyclic amines) is 1. The van der Waals surface area contributed by atoms with E-state index in [2.05, 4.69) is 24.2 Å². The average molecular weight is 306 g/mol. The molecule has 22 heavy (non-hydrogen) atoms. The van der Waals surface area contributed by atoms with Crippen molar-refractivity contribution in [1.82, 2.24) is 10.2 Å². The molecule has 1 fully saturated rings. The minimum Gasteiger partial charge on any atom is -0.497 e. The molecule has 0 saturated carbocycles. The van der Waals surface area contributed by atoms with Crippen LogP contribution in [0, 0.1) is 0 Å². The molecule has 2 rings (SSSR count). The number of carbonyl (C=O) groups excluding carboxylic acids is 1. The Balaban J connectivity index is 1.75. The standard InChI is InChI=1S/C17H26N2O3/c1-4-15-11-14(9-10-19(15)2)18-17(20)22-12-13-5-7-16(21-3)8-6-13/h5-8,14-15H,4,9-12H2,1-3H3,(H,18,20)/t14-,15-/m1/s1. The van der Waals surface area contributed by atoms with Crippen molar-refractivity contribution >= 4 is 6.09 Å². The highest BCUT2D eigenvalue weighted by Crippen LogP contribution is 2.18. The zero-order chi connectivity index (χ0) is 15.9. The first-order valence-corrected chi connectivity index (χ1v) is 7.88. The molecule has 0 unspecified atom stereocenters. The summed E-state index contributed by atoms with van der Waals surface area (Å²) in [6, 6.07) is 8.27. The van der Waals surface area contributed by atoms with Crippen LogP contribution in [-0.2, 0) is 11.3 Å². The summed E-state index contributed by atoms with van der Waals surface area (Å²) < 4.78 is 10.4. The molecule has 1 aliphatic heterocycles. The topological polar surface area (TPSA) is 50.8 Å². The first-order chi connectivity index (χ1) is 10.6. The van der Waals surface area contributed by atoms with Crippen LogP contribution in [0.4, 0.5) is 4.79 Å². The lowest BCUT2D eigenvalue weighted by molar-refractivity contribution is 0.116. The monoisotopic (exact) mass is 306 g/mol. The molecule has 5 heteroatoms. The van der Waals surface area contributed by atoms with Gasteiger partial charge in [0.2, 0.25) is 0 Å². The number of alkyl carbamates (subject to hydrolysis) is 1. The van der Waals surface area contributed by atoms with E-state index in [-0.39, 0.29) is 18.7 Å². The summed E-state index contributed by atoms with van der Waals surface area (Å²) in [6.45, 7) is 3.48. The van der Waals surface area contributed by atoms with Crippen LogP contribution in [-0.4, -0.2) is 43.8 Å². The van der Waals surface area contributed by atoms with Gasteiger partial charge in [-0.3, -0.25) is 0 Å². The van der Waals surface area contributed by atoms with E-state index in [4.69, 9.17) is 9.47 Å². The van der Waals surface area contributed by atoms with Crippen molar-refractivity contribution in [1.29, 1.82) is 0 Å². The zero-order valence-electron chi connectivity index (χ0n) is 13.7. The van der Waals surface area contributed by atoms with Crippen LogP contribution in [0.2, 0.25) is 0 Å². The Bertz CT molecular complexity index is 475. The molecule has 2 atom stereocenters. The fraction of sp³-hybridized carbons (Fsp3) is 0.588. The molecule has 1 heterocycles. The summed E-state index contributed by atoms with van der Waals surface area (Å²) in [6.07, 6.45) is 2.74. The van der Waals surface area contributed by atoms with Gasteiger partial charge >= 0.3 is 6.09 Å². The summed E-state index contributed by atoms with van der Waals surface area (Å²) in [5.41, 5.74) is 0.950. The van der Waals surface area contributed by atoms with Crippen LogP contribution in [0.3, 0.4) is 0 Å². The maximum absolute atomic E-state index is 11.9. The quantitative estimate of drug-likeness (QED) is 0.909. The number of amides is 1. The number of hydrogen-bond acceptors (Lipinski definition) is 4. The van der Waals surface area contributed by atoms with Crippen molar-refractivity contribution in [2.45, 2.75) is 44.9 Å². The summed E-state index contributed by atoms with van der Waals surface area (Å²) in [7, 11) is 3.77. The molecular weight excluding hydrogens is 280 g/mol. The summed E-state index contributed by atoms with van der Waals surface area (Å²) in [5, 5.41) is 2.98. The van der Waals surface area contributed by atoms with Crippen molar-refractivity contribution in [3.8, 4) is 5.75 Å². The number of hydrogen-bond donors (Lipinski definition) is 1. The maximum atomic E-state index is 11.9. The van der Waals surface area contributed by atoms with Gasteiger partial charge in [-0.1, -0.05) is 19.1 Å². The molecule has 0 aromatic heterocycles. The lowest BCUT2D eigenvalue weighted by atomic mass is 9.96. The van der Waals surface area contributed by atoms with E-state index < -0.39 is 0 Å². The van der Waals surface area contributed by atoms with Crippen LogP contribution in [0.5, 0.6) is 5.75 Å². The predicted molar refractivity (Wildman–Crippen MR) is 86.0 cm³/mol. The smallest absolute Gasteiger partial charge is 0.407 e. The highest BCUT2D eigenvalue weighted by molar-refractivity contribution is 5.67. The molecule has 0 radical (unpaired) electrons. The Labute approximate surface area is 132 Å². The van der Waals surface area contributed by atoms with Crippen molar-refractivity contribution < 1.29 is 14.3 Å². The molecule has 0 spiro atoms. The molecule has 122 valence electrons. The van der Waals surface area contributed by atoms with Gasteiger partial charge in [-0.2, -0.15) is 0 Å². The number of rotatable bonds is 5. The van der Waals surface area contributed by atoms with Gasteiger partial charge in [-0.05, 0) is 44.0 Å². The van der Waals surface area contributed by atoms with Crippen LogP contribution in [0.25, 0.3) is 0 Å². The van der Waals surface area contributed by atoms with Crippen LogP contribution in [0.15, 0.2) is 24.3 Å². The van der Waals surface area contributed by atoms with Gasteiger partial charge in [0.15, 0.2) is 0 Å². The van der Waals surface area contributed by atoms with Crippen LogP contribution >= 0.6 is 0 Å². The van der Waals surface area contributed by atoms with Gasteiger partial charge in [-0.25, -0.2) is 4.79 Å². The molecule has 1 aromatic carbocycles. The highest BCUT2D eigenvalue weighted by atomic mass is 16.5. The zero-order valence-corrected chi connectivity index (χ0v) is 13.7. The SMILES string of the molecule is CC[C@@H]1C[C@H](NC(=O)OCc2ccc(OC)cc2)CCN1C. The lowest BCUT2D eigenvalue weighted by Gasteiger charge is -2.36. The lowest BCUT2D eigenvalue weighted by Crippen LogP contribution is -2.48. The van der Waals surface area contributed by atoms with Gasteiger partial charge in [0.1, 0.15) is 12.4 Å². The Morgan fingerprint density at radius 2 is 2.09 bits per heavy atom. The summed E-state index contributed by atoms with van der Waals surface area (Å²) >= 11 is 0. The van der Waals surface area contributed by atoms with Crippen molar-refractivity contribution in [3.63, 3.8) is 0 Å². The highest BCUT2D eigenvalue weighted by Gasteiger charge is 2.26. The van der Waals surface area contributed by atoms with Gasteiger partial charge in [0.25, 0.3) is 0 Å². The molecule has 1 aromatic rings. The number of methoxy groups -OCH3 is 1. The average Bonchev–Trinajstić information content (AvgIpc) is 2.55. The van der Waals surface area contributed by atoms with Gasteiger partial charge in [0.05, 0.1) is 7.11 Å². The third-order valence-corrected chi connectivity index (χ3v) is 4.33. The largest absolute Gasteiger partial charge is 0.497 e. The second-order valence-corrected chi connectivity index (χ2v) is 5.83. The number of ether oxygens (including phenoxy) is 2. The minimum absolute atomic E-state index is 0.213. The summed E-state index contributed by atoms with van der Waals surface area (Å²) in [4.78, 5) is 14.3. The van der Waals surface area contributed by atoms with E-state index in [1.165, 1.54) is 0 Å². The molecular formula is C17H26N2O3. The van der Waals surface area contributed by atoms with Gasteiger partial charge in [-0.15, -0.1) is 0 Å². The second kappa shape index (κ2) is 8.03. The fourth-order valence-corrected chi connectivity index (χ4v) is 2.86. The Hall–Kier alpha value is -1.75. The van der Waals surface area contributed by atoms with Crippen molar-refractivity contribution in [2.24, 2.45) is 0 Å². The number of carbonyl (C=O) groups is 1. The van der Waals surface area contributed by atoms with Gasteiger partial charge in [0, 0.05) is 18.6 Å². The molecule has 5 nitrogen and oxygen atoms in total. The molecule has 0 bridgehead atoms. The van der Waals surface area contributed by atoms with E-state index >= 15 is 0 Å². The summed E-state index contributed by atoms with van der Waals surface area (Å²) in [5.74, 6) is 0.796. The Kier molecular flexibility index (Phi) is 6.07. The first-order valence-electron chi connectivity index (χ1n) is 7.88. The van der Waals surface area contributed by atoms with E-state index in [9.17, 15) is 4.79 Å². The van der Waals surface area contributed by atoms with E-state index in [0.29, 0.717) is 6.04 Å². The Morgan fingerprint density at radius 3 is 2.73 bits per heavy atom. The number of benzene rings is 1. The third kappa shape index (κ3) is 4.63. The van der Waals surface area contributed by atoms with Crippen LogP contribution < -0.4 is 10.1 Å². The molecule has 1 aliphatic rings. The van der Waals surface area contributed by atoms with Gasteiger partial charge < -0.3 is 19.7 Å². The van der Waals surface area contributed by atoms with Crippen LogP contribution in [0.1, 0.15) is 31.7 Å². The van der Waals surface area contributed by atoms with Crippen molar-refractivity contribution in [2.75, 3.05) is 20.7 Å². The fourth-order valence-electron chi connectivity index (χ4n) is 2.86. The number of nitrogens with one attached hydrogen (secondary N) is 1. The predicted octanol–water partition coefficient (Wildman–Crippen LogP) is 2.79. The molecule has 0 aliphatic carbocycles. The van der Waals surface area contributed by atoms with E-state index in [1.54, 1.807) is 7.11 Å². The van der Waals surface area contributed by atoms with E-state index in [1.807, 2.05) is 24.3 Å². The van der Waals surface area contributed by atoms with E-state index in [0.717, 1.165) is 37.1 Å². The second-order valence-electron chi connectivity index (χ2n) is 5.83. The van der Waals surface area contributed by atoms with Crippen molar-refractivity contribution in [3.05, 3.63) is 29.8 Å². The molecule has 1 amide bonds. The first kappa shape index (κ1) is 16.6. The molecule has 1 saturated heterocycles. The number of nitrogens with zero attached hydrogens (tertiary/aromatic N) is 1. The maximum Gasteiger partial charge on any atom is 0.407 e. The third-order valence-electron chi connectivity index (χ3n) is 4.33. The molecule has 1 N–H and O–H groups in total. The normalized spacial score (nSPS) is 22.1. The number of piperidine rings is 1. The minimum atomic E-state index is -0.333. The Morgan fingerprint density at radius 1 is 1.36 bits per heavy atom.